The van der Waals surface area contributed by atoms with Crippen molar-refractivity contribution >= 4 is 35.8 Å². The van der Waals surface area contributed by atoms with Gasteiger partial charge in [0.25, 0.3) is 7.65 Å². The van der Waals surface area contributed by atoms with E-state index >= 15 is 0 Å². The van der Waals surface area contributed by atoms with Crippen molar-refractivity contribution in [2.75, 3.05) is 6.26 Å². The van der Waals surface area contributed by atoms with E-state index in [1.165, 1.54) is 36.0 Å². The number of thioether (sulfide) groups is 1. The second-order valence-corrected chi connectivity index (χ2v) is 7.28. The first kappa shape index (κ1) is 16.0. The maximum atomic E-state index is 12.8. The summed E-state index contributed by atoms with van der Waals surface area (Å²) < 4.78 is 18.4. The summed E-state index contributed by atoms with van der Waals surface area (Å²) in [5.74, 6) is 0.166. The first-order valence-electron chi connectivity index (χ1n) is 6.31. The summed E-state index contributed by atoms with van der Waals surface area (Å²) in [5, 5.41) is 3.25. The number of carbonyl (C=O) groups is 1. The lowest BCUT2D eigenvalue weighted by Crippen LogP contribution is -2.45. The van der Waals surface area contributed by atoms with Gasteiger partial charge in [-0.25, -0.2) is 9.48 Å². The van der Waals surface area contributed by atoms with Gasteiger partial charge in [-0.3, -0.25) is 4.79 Å². The van der Waals surface area contributed by atoms with Crippen molar-refractivity contribution in [3.8, 4) is 5.75 Å². The number of rotatable bonds is 5. The Hall–Kier alpha value is -0.350. The van der Waals surface area contributed by atoms with Crippen molar-refractivity contribution in [3.05, 3.63) is 30.1 Å². The standard InChI is InChI=1S/C13H16ClFNO2PS/c1-20-12(17)13(8-2-3-9-13)16-19(14)18-11-6-4-10(15)5-7-11/h4-7,16H,2-3,8-9H2,1H3. The first-order chi connectivity index (χ1) is 9.55. The van der Waals surface area contributed by atoms with Crippen LogP contribution in [0.5, 0.6) is 5.75 Å². The molecule has 0 aromatic heterocycles. The molecule has 0 amide bonds. The number of halogens is 2. The van der Waals surface area contributed by atoms with Crippen molar-refractivity contribution in [3.63, 3.8) is 0 Å². The van der Waals surface area contributed by atoms with Gasteiger partial charge in [0, 0.05) is 0 Å². The molecule has 1 aliphatic carbocycles. The SMILES string of the molecule is CSC(=O)C1(NP(Cl)Oc2ccc(F)cc2)CCCC1. The highest BCUT2D eigenvalue weighted by molar-refractivity contribution is 8.13. The zero-order chi connectivity index (χ0) is 14.6. The molecule has 1 unspecified atom stereocenters. The summed E-state index contributed by atoms with van der Waals surface area (Å²) >= 11 is 7.42. The van der Waals surface area contributed by atoms with Crippen molar-refractivity contribution in [2.45, 2.75) is 31.2 Å². The van der Waals surface area contributed by atoms with E-state index < -0.39 is 13.2 Å². The van der Waals surface area contributed by atoms with Crippen LogP contribution >= 0.6 is 30.7 Å². The maximum absolute atomic E-state index is 12.8. The number of carbonyl (C=O) groups excluding carboxylic acids is 1. The van der Waals surface area contributed by atoms with E-state index in [9.17, 15) is 9.18 Å². The summed E-state index contributed by atoms with van der Waals surface area (Å²) in [5.41, 5.74) is -0.576. The Bertz CT molecular complexity index is 468. The summed E-state index contributed by atoms with van der Waals surface area (Å²) in [4.78, 5) is 12.1. The van der Waals surface area contributed by atoms with Crippen LogP contribution in [0.2, 0.25) is 0 Å². The van der Waals surface area contributed by atoms with Crippen LogP contribution in [0.25, 0.3) is 0 Å². The Labute approximate surface area is 128 Å². The van der Waals surface area contributed by atoms with Gasteiger partial charge in [-0.1, -0.05) is 24.6 Å². The highest BCUT2D eigenvalue weighted by atomic mass is 35.7. The Morgan fingerprint density at radius 2 is 2.00 bits per heavy atom. The van der Waals surface area contributed by atoms with Crippen LogP contribution in [0.15, 0.2) is 24.3 Å². The normalized spacial score (nSPS) is 18.8. The predicted octanol–water partition coefficient (Wildman–Crippen LogP) is 4.46. The predicted molar refractivity (Wildman–Crippen MR) is 82.7 cm³/mol. The van der Waals surface area contributed by atoms with E-state index in [-0.39, 0.29) is 10.9 Å². The number of hydrogen-bond donors (Lipinski definition) is 1. The number of hydrogen-bond acceptors (Lipinski definition) is 4. The molecule has 110 valence electrons. The molecule has 1 saturated carbocycles. The lowest BCUT2D eigenvalue weighted by atomic mass is 10.0. The molecule has 0 aliphatic heterocycles. The van der Waals surface area contributed by atoms with Gasteiger partial charge in [-0.05, 0) is 54.6 Å². The molecular weight excluding hydrogens is 320 g/mol. The van der Waals surface area contributed by atoms with Gasteiger partial charge in [-0.15, -0.1) is 0 Å². The van der Waals surface area contributed by atoms with E-state index in [1.807, 2.05) is 0 Å². The maximum Gasteiger partial charge on any atom is 0.264 e. The van der Waals surface area contributed by atoms with Crippen molar-refractivity contribution < 1.29 is 13.7 Å². The smallest absolute Gasteiger partial charge is 0.264 e. The zero-order valence-electron chi connectivity index (χ0n) is 11.1. The molecule has 3 nitrogen and oxygen atoms in total. The molecule has 1 aliphatic rings. The molecule has 20 heavy (non-hydrogen) atoms. The molecule has 0 saturated heterocycles. The van der Waals surface area contributed by atoms with Crippen LogP contribution in [0.4, 0.5) is 4.39 Å². The van der Waals surface area contributed by atoms with Crippen LogP contribution < -0.4 is 9.61 Å². The van der Waals surface area contributed by atoms with Crippen molar-refractivity contribution in [2.24, 2.45) is 0 Å². The van der Waals surface area contributed by atoms with E-state index in [0.717, 1.165) is 25.7 Å². The van der Waals surface area contributed by atoms with Gasteiger partial charge in [0.1, 0.15) is 11.6 Å². The van der Waals surface area contributed by atoms with E-state index in [0.29, 0.717) is 5.75 Å². The van der Waals surface area contributed by atoms with Crippen molar-refractivity contribution in [1.29, 1.82) is 0 Å². The lowest BCUT2D eigenvalue weighted by molar-refractivity contribution is -0.115. The van der Waals surface area contributed by atoms with Crippen LogP contribution in [-0.2, 0) is 4.79 Å². The van der Waals surface area contributed by atoms with Gasteiger partial charge < -0.3 is 4.52 Å². The molecule has 0 heterocycles. The van der Waals surface area contributed by atoms with Crippen LogP contribution in [-0.4, -0.2) is 16.9 Å². The molecule has 0 radical (unpaired) electrons. The summed E-state index contributed by atoms with van der Waals surface area (Å²) in [6.45, 7) is 0. The lowest BCUT2D eigenvalue weighted by Gasteiger charge is -2.29. The van der Waals surface area contributed by atoms with Crippen LogP contribution in [0, 0.1) is 5.82 Å². The molecule has 1 N–H and O–H groups in total. The minimum absolute atomic E-state index is 0.103. The molecule has 2 rings (SSSR count). The number of benzene rings is 1. The van der Waals surface area contributed by atoms with Crippen LogP contribution in [0.3, 0.4) is 0 Å². The second kappa shape index (κ2) is 7.08. The summed E-state index contributed by atoms with van der Waals surface area (Å²) in [6.07, 6.45) is 5.36. The van der Waals surface area contributed by atoms with Crippen LogP contribution in [0.1, 0.15) is 25.7 Å². The van der Waals surface area contributed by atoms with E-state index in [4.69, 9.17) is 15.8 Å². The highest BCUT2D eigenvalue weighted by Crippen LogP contribution is 2.46. The Morgan fingerprint density at radius 3 is 2.55 bits per heavy atom. The minimum atomic E-state index is -1.50. The van der Waals surface area contributed by atoms with Gasteiger partial charge in [0.05, 0.1) is 5.54 Å². The van der Waals surface area contributed by atoms with E-state index in [2.05, 4.69) is 5.09 Å². The average Bonchev–Trinajstić information content (AvgIpc) is 2.90. The Morgan fingerprint density at radius 1 is 1.40 bits per heavy atom. The number of nitrogens with one attached hydrogen (secondary N) is 1. The van der Waals surface area contributed by atoms with Gasteiger partial charge in [0.2, 0.25) is 5.12 Å². The first-order valence-corrected chi connectivity index (χ1v) is 9.70. The largest absolute Gasteiger partial charge is 0.445 e. The fourth-order valence-electron chi connectivity index (χ4n) is 2.31. The van der Waals surface area contributed by atoms with Gasteiger partial charge in [-0.2, -0.15) is 0 Å². The molecule has 0 bridgehead atoms. The second-order valence-electron chi connectivity index (χ2n) is 4.68. The Balaban J connectivity index is 2.00. The fourth-order valence-corrected chi connectivity index (χ4v) is 4.77. The molecule has 1 aromatic carbocycles. The monoisotopic (exact) mass is 335 g/mol. The van der Waals surface area contributed by atoms with Gasteiger partial charge in [0.15, 0.2) is 0 Å². The minimum Gasteiger partial charge on any atom is -0.445 e. The summed E-state index contributed by atoms with van der Waals surface area (Å²) in [7, 11) is -1.50. The molecule has 1 aromatic rings. The molecule has 1 fully saturated rings. The molecule has 1 atom stereocenters. The zero-order valence-corrected chi connectivity index (χ0v) is 13.5. The highest BCUT2D eigenvalue weighted by Gasteiger charge is 2.42. The quantitative estimate of drug-likeness (QED) is 0.806. The third kappa shape index (κ3) is 3.85. The topological polar surface area (TPSA) is 38.3 Å². The fraction of sp³-hybridized carbons (Fsp3) is 0.462. The third-order valence-corrected chi connectivity index (χ3v) is 5.53. The molecular formula is C13H16ClFNO2PS. The average molecular weight is 336 g/mol. The molecule has 7 heteroatoms. The molecule has 0 spiro atoms. The third-order valence-electron chi connectivity index (χ3n) is 3.33. The van der Waals surface area contributed by atoms with Crippen molar-refractivity contribution in [1.82, 2.24) is 5.09 Å². The summed E-state index contributed by atoms with van der Waals surface area (Å²) in [6, 6.07) is 5.67. The van der Waals surface area contributed by atoms with E-state index in [1.54, 1.807) is 6.26 Å². The van der Waals surface area contributed by atoms with Gasteiger partial charge >= 0.3 is 0 Å². The Kier molecular flexibility index (Phi) is 5.67.